The predicted octanol–water partition coefficient (Wildman–Crippen LogP) is 7.71. The number of alkyl carbamates (subject to hydrolysis) is 1. The smallest absolute Gasteiger partial charge is 0.425 e. The summed E-state index contributed by atoms with van der Waals surface area (Å²) in [6.07, 6.45) is 3.15. The summed E-state index contributed by atoms with van der Waals surface area (Å²) in [4.78, 5) is 65.2. The highest BCUT2D eigenvalue weighted by Crippen LogP contribution is 2.38. The van der Waals surface area contributed by atoms with E-state index in [0.29, 0.717) is 57.9 Å². The largest absolute Gasteiger partial charge is 0.453 e. The molecule has 1 saturated heterocycles. The number of halogens is 2. The lowest BCUT2D eigenvalue weighted by atomic mass is 9.86. The molecule has 55 heavy (non-hydrogen) atoms. The number of hydrogen-bond donors (Lipinski definition) is 1. The third kappa shape index (κ3) is 8.94. The van der Waals surface area contributed by atoms with Crippen molar-refractivity contribution in [1.82, 2.24) is 34.8 Å². The zero-order valence-corrected chi connectivity index (χ0v) is 33.0. The highest BCUT2D eigenvalue weighted by atomic mass is 35.5. The molecule has 3 amide bonds. The van der Waals surface area contributed by atoms with E-state index in [-0.39, 0.29) is 23.7 Å². The van der Waals surface area contributed by atoms with Gasteiger partial charge in [-0.1, -0.05) is 11.6 Å². The van der Waals surface area contributed by atoms with Gasteiger partial charge in [0, 0.05) is 24.0 Å². The van der Waals surface area contributed by atoms with Crippen LogP contribution in [0.3, 0.4) is 0 Å². The molecule has 4 aromatic heterocycles. The highest BCUT2D eigenvalue weighted by molar-refractivity contribution is 7.14. The van der Waals surface area contributed by atoms with E-state index in [1.165, 1.54) is 43.2 Å². The number of aromatic nitrogens is 6. The number of carbonyl (C=O) groups excluding carboxylic acids is 3. The number of anilines is 2. The van der Waals surface area contributed by atoms with Crippen LogP contribution in [0.5, 0.6) is 0 Å². The molecule has 0 bridgehead atoms. The summed E-state index contributed by atoms with van der Waals surface area (Å²) >= 11 is 7.54. The summed E-state index contributed by atoms with van der Waals surface area (Å²) in [5.74, 6) is -0.497. The van der Waals surface area contributed by atoms with Crippen LogP contribution in [0.4, 0.5) is 30.3 Å². The number of thiazole rings is 1. The lowest BCUT2D eigenvalue weighted by Gasteiger charge is -2.43. The van der Waals surface area contributed by atoms with Crippen LogP contribution < -0.4 is 15.1 Å². The minimum absolute atomic E-state index is 0.120. The van der Waals surface area contributed by atoms with Crippen molar-refractivity contribution in [2.24, 2.45) is 0 Å². The first-order valence-corrected chi connectivity index (χ1v) is 18.6. The molecule has 0 spiro atoms. The fourth-order valence-corrected chi connectivity index (χ4v) is 7.09. The van der Waals surface area contributed by atoms with E-state index < -0.39 is 35.0 Å². The minimum atomic E-state index is -0.993. The number of nitrogens with one attached hydrogen (secondary N) is 1. The van der Waals surface area contributed by atoms with Crippen LogP contribution in [0.1, 0.15) is 65.6 Å². The van der Waals surface area contributed by atoms with E-state index in [2.05, 4.69) is 30.2 Å². The number of imide groups is 1. The van der Waals surface area contributed by atoms with Gasteiger partial charge in [-0.25, -0.2) is 38.7 Å². The Hall–Kier alpha value is -5.42. The molecule has 1 unspecified atom stereocenters. The predicted molar refractivity (Wildman–Crippen MR) is 205 cm³/mol. The maximum absolute atomic E-state index is 13.9. The van der Waals surface area contributed by atoms with Gasteiger partial charge in [-0.3, -0.25) is 4.98 Å². The van der Waals surface area contributed by atoms with E-state index in [1.54, 1.807) is 64.4 Å². The number of carbonyl (C=O) groups is 3. The Kier molecular flexibility index (Phi) is 11.0. The number of rotatable bonds is 7. The fourth-order valence-electron chi connectivity index (χ4n) is 6.23. The quantitative estimate of drug-likeness (QED) is 0.160. The van der Waals surface area contributed by atoms with Crippen LogP contribution in [0.15, 0.2) is 54.6 Å². The maximum Gasteiger partial charge on any atom is 0.425 e. The minimum Gasteiger partial charge on any atom is -0.453 e. The second kappa shape index (κ2) is 15.4. The first-order valence-electron chi connectivity index (χ1n) is 17.3. The van der Waals surface area contributed by atoms with Crippen LogP contribution in [-0.2, 0) is 26.3 Å². The van der Waals surface area contributed by atoms with Gasteiger partial charge >= 0.3 is 18.3 Å². The standard InChI is InChI=1S/C37H41ClFN9O6S/c1-35(2,3)53-33(50)48(34(51)54-36(4,5)6)30-28-29(41-20-42-30)47(21-43-28)17-23-15-25(22-9-11-24(39)12-10-22)40-16-26(23)46-14-8-13-37(19-46,45-32(49)52-7)27-18-55-31(38)44-27/h9-12,15-16,18,20-21H,8,13-14,17,19H2,1-7H3,(H,45,49). The Morgan fingerprint density at radius 2 is 1.71 bits per heavy atom. The van der Waals surface area contributed by atoms with Crippen molar-refractivity contribution in [1.29, 1.82) is 0 Å². The van der Waals surface area contributed by atoms with Crippen LogP contribution in [0.2, 0.25) is 4.47 Å². The van der Waals surface area contributed by atoms with Gasteiger partial charge < -0.3 is 29.0 Å². The number of amides is 3. The SMILES string of the molecule is COC(=O)NC1(c2csc(Cl)n2)CCCN(c2cnc(-c3ccc(F)cc3)cc2Cn2cnc3c(N(C(=O)OC(C)(C)C)C(=O)OC(C)(C)C)ncnc32)C1. The average Bonchev–Trinajstić information content (AvgIpc) is 3.74. The number of benzene rings is 1. The molecular formula is C37H41ClFN9O6S. The van der Waals surface area contributed by atoms with Crippen molar-refractivity contribution < 1.29 is 33.0 Å². The van der Waals surface area contributed by atoms with E-state index in [1.807, 2.05) is 11.4 Å². The molecule has 1 aliphatic heterocycles. The van der Waals surface area contributed by atoms with Crippen molar-refractivity contribution in [2.75, 3.05) is 30.0 Å². The van der Waals surface area contributed by atoms with Crippen LogP contribution in [0, 0.1) is 5.82 Å². The molecule has 290 valence electrons. The Balaban J connectivity index is 1.44. The Morgan fingerprint density at radius 1 is 1.02 bits per heavy atom. The molecule has 5 aromatic rings. The van der Waals surface area contributed by atoms with Gasteiger partial charge in [0.2, 0.25) is 0 Å². The number of imidazole rings is 1. The normalized spacial score (nSPS) is 16.1. The number of pyridine rings is 1. The number of hydrogen-bond acceptors (Lipinski definition) is 13. The third-order valence-electron chi connectivity index (χ3n) is 8.52. The fraction of sp³-hybridized carbons (Fsp3) is 0.405. The summed E-state index contributed by atoms with van der Waals surface area (Å²) in [6, 6.07) is 7.92. The van der Waals surface area contributed by atoms with Gasteiger partial charge in [0.15, 0.2) is 21.4 Å². The van der Waals surface area contributed by atoms with Gasteiger partial charge in [0.1, 0.15) is 28.9 Å². The van der Waals surface area contributed by atoms with E-state index >= 15 is 0 Å². The van der Waals surface area contributed by atoms with Crippen LogP contribution >= 0.6 is 22.9 Å². The zero-order valence-electron chi connectivity index (χ0n) is 31.4. The van der Waals surface area contributed by atoms with E-state index in [0.717, 1.165) is 11.3 Å². The molecule has 1 atom stereocenters. The van der Waals surface area contributed by atoms with Gasteiger partial charge in [-0.15, -0.1) is 11.3 Å². The molecule has 0 aliphatic carbocycles. The average molecular weight is 794 g/mol. The molecule has 1 aromatic carbocycles. The number of piperidine rings is 1. The second-order valence-corrected chi connectivity index (χ2v) is 16.4. The summed E-state index contributed by atoms with van der Waals surface area (Å²) in [5, 5.41) is 4.85. The Bertz CT molecular complexity index is 2190. The van der Waals surface area contributed by atoms with Crippen molar-refractivity contribution in [3.63, 3.8) is 0 Å². The second-order valence-electron chi connectivity index (χ2n) is 15.0. The monoisotopic (exact) mass is 793 g/mol. The van der Waals surface area contributed by atoms with E-state index in [4.69, 9.17) is 30.8 Å². The van der Waals surface area contributed by atoms with Crippen molar-refractivity contribution in [3.05, 3.63) is 76.1 Å². The number of ether oxygens (including phenoxy) is 3. The molecular weight excluding hydrogens is 753 g/mol. The van der Waals surface area contributed by atoms with Crippen molar-refractivity contribution in [2.45, 2.75) is 77.7 Å². The molecule has 1 fully saturated rings. The Labute approximate surface area is 325 Å². The van der Waals surface area contributed by atoms with Crippen LogP contribution in [0.25, 0.3) is 22.4 Å². The first-order chi connectivity index (χ1) is 25.9. The van der Waals surface area contributed by atoms with Gasteiger partial charge in [-0.2, -0.15) is 4.90 Å². The molecule has 18 heteroatoms. The maximum atomic E-state index is 13.9. The lowest BCUT2D eigenvalue weighted by molar-refractivity contribution is 0.0429. The molecule has 0 radical (unpaired) electrons. The molecule has 0 saturated carbocycles. The van der Waals surface area contributed by atoms with Crippen molar-refractivity contribution >= 4 is 63.9 Å². The summed E-state index contributed by atoms with van der Waals surface area (Å²) in [6.45, 7) is 11.2. The summed E-state index contributed by atoms with van der Waals surface area (Å²) < 4.78 is 32.2. The van der Waals surface area contributed by atoms with Crippen LogP contribution in [-0.4, -0.2) is 79.2 Å². The Morgan fingerprint density at radius 3 is 2.33 bits per heavy atom. The lowest BCUT2D eigenvalue weighted by Crippen LogP contribution is -2.57. The zero-order chi connectivity index (χ0) is 39.7. The summed E-state index contributed by atoms with van der Waals surface area (Å²) in [7, 11) is 1.30. The summed E-state index contributed by atoms with van der Waals surface area (Å²) in [5.41, 5.74) is 1.05. The number of nitrogens with zero attached hydrogens (tertiary/aromatic N) is 8. The highest BCUT2D eigenvalue weighted by Gasteiger charge is 2.42. The van der Waals surface area contributed by atoms with Gasteiger partial charge in [0.25, 0.3) is 0 Å². The molecule has 1 N–H and O–H groups in total. The van der Waals surface area contributed by atoms with E-state index in [9.17, 15) is 18.8 Å². The third-order valence-corrected chi connectivity index (χ3v) is 9.50. The first kappa shape index (κ1) is 39.3. The molecule has 1 aliphatic rings. The molecule has 6 rings (SSSR count). The topological polar surface area (TPSA) is 167 Å². The molecule has 15 nitrogen and oxygen atoms in total. The number of fused-ring (bicyclic) bond motifs is 1. The van der Waals surface area contributed by atoms with Crippen molar-refractivity contribution in [3.8, 4) is 11.3 Å². The van der Waals surface area contributed by atoms with Gasteiger partial charge in [-0.05, 0) is 90.3 Å². The van der Waals surface area contributed by atoms with Gasteiger partial charge in [0.05, 0.1) is 43.3 Å². The molecule has 5 heterocycles. The number of methoxy groups -OCH3 is 1.